The van der Waals surface area contributed by atoms with Crippen LogP contribution in [0.1, 0.15) is 5.82 Å². The van der Waals surface area contributed by atoms with Crippen molar-refractivity contribution in [2.75, 3.05) is 0 Å². The summed E-state index contributed by atoms with van der Waals surface area (Å²) in [5.74, 6) is 0.271. The quantitative estimate of drug-likeness (QED) is 0.780. The van der Waals surface area contributed by atoms with Crippen molar-refractivity contribution in [2.24, 2.45) is 5.73 Å². The van der Waals surface area contributed by atoms with E-state index in [0.29, 0.717) is 12.4 Å². The van der Waals surface area contributed by atoms with Crippen molar-refractivity contribution < 1.29 is 4.39 Å². The first kappa shape index (κ1) is 12.1. The number of imidazole rings is 1. The molecule has 96 valence electrons. The summed E-state index contributed by atoms with van der Waals surface area (Å²) in [6, 6.07) is 12.3. The van der Waals surface area contributed by atoms with E-state index in [1.165, 1.54) is 6.07 Å². The van der Waals surface area contributed by atoms with Crippen molar-refractivity contribution in [3.8, 4) is 5.69 Å². The molecule has 1 heterocycles. The highest BCUT2D eigenvalue weighted by Crippen LogP contribution is 2.24. The van der Waals surface area contributed by atoms with Crippen molar-refractivity contribution in [3.05, 3.63) is 59.1 Å². The molecular formula is C14H11ClFN3. The Kier molecular flexibility index (Phi) is 2.97. The fourth-order valence-corrected chi connectivity index (χ4v) is 2.30. The van der Waals surface area contributed by atoms with E-state index in [9.17, 15) is 4.39 Å². The van der Waals surface area contributed by atoms with Gasteiger partial charge in [0.2, 0.25) is 0 Å². The summed E-state index contributed by atoms with van der Waals surface area (Å²) in [7, 11) is 0. The molecule has 5 heteroatoms. The number of nitrogens with two attached hydrogens (primary N) is 1. The Balaban J connectivity index is 2.31. The number of hydrogen-bond donors (Lipinski definition) is 1. The molecular weight excluding hydrogens is 265 g/mol. The molecule has 0 unspecified atom stereocenters. The Labute approximate surface area is 114 Å². The lowest BCUT2D eigenvalue weighted by Gasteiger charge is -2.08. The summed E-state index contributed by atoms with van der Waals surface area (Å²) in [6.45, 7) is 0.295. The highest BCUT2D eigenvalue weighted by molar-refractivity contribution is 6.30. The molecule has 0 aliphatic rings. The van der Waals surface area contributed by atoms with E-state index in [-0.39, 0.29) is 5.02 Å². The van der Waals surface area contributed by atoms with Crippen LogP contribution in [0.25, 0.3) is 16.7 Å². The molecule has 3 nitrogen and oxygen atoms in total. The van der Waals surface area contributed by atoms with Crippen molar-refractivity contribution in [1.29, 1.82) is 0 Å². The van der Waals surface area contributed by atoms with Crippen molar-refractivity contribution in [3.63, 3.8) is 0 Å². The average molecular weight is 276 g/mol. The van der Waals surface area contributed by atoms with Crippen LogP contribution < -0.4 is 5.73 Å². The number of rotatable bonds is 2. The maximum atomic E-state index is 13.3. The normalized spacial score (nSPS) is 11.1. The van der Waals surface area contributed by atoms with Gasteiger partial charge in [-0.1, -0.05) is 23.7 Å². The van der Waals surface area contributed by atoms with Gasteiger partial charge >= 0.3 is 0 Å². The summed E-state index contributed by atoms with van der Waals surface area (Å²) >= 11 is 5.84. The van der Waals surface area contributed by atoms with E-state index in [4.69, 9.17) is 17.3 Å². The third kappa shape index (κ3) is 1.99. The molecule has 0 saturated heterocycles. The Morgan fingerprint density at radius 2 is 2.00 bits per heavy atom. The zero-order chi connectivity index (χ0) is 13.4. The molecule has 3 rings (SSSR count). The van der Waals surface area contributed by atoms with Gasteiger partial charge in [0, 0.05) is 5.69 Å². The third-order valence-electron chi connectivity index (χ3n) is 2.97. The monoisotopic (exact) mass is 275 g/mol. The highest BCUT2D eigenvalue weighted by atomic mass is 35.5. The standard InChI is InChI=1S/C14H11ClFN3/c15-10-7-9(5-6-11(10)16)19-13-4-2-1-3-12(13)18-14(19)8-17/h1-7H,8,17H2. The van der Waals surface area contributed by atoms with Crippen LogP contribution in [0, 0.1) is 5.82 Å². The molecule has 0 saturated carbocycles. The van der Waals surface area contributed by atoms with Crippen molar-refractivity contribution in [1.82, 2.24) is 9.55 Å². The predicted molar refractivity (Wildman–Crippen MR) is 73.9 cm³/mol. The van der Waals surface area contributed by atoms with Crippen LogP contribution in [-0.2, 0) is 6.54 Å². The molecule has 2 N–H and O–H groups in total. The summed E-state index contributed by atoms with van der Waals surface area (Å²) in [4.78, 5) is 4.46. The zero-order valence-electron chi connectivity index (χ0n) is 9.98. The second kappa shape index (κ2) is 4.64. The summed E-state index contributed by atoms with van der Waals surface area (Å²) in [6.07, 6.45) is 0. The molecule has 0 amide bonds. The zero-order valence-corrected chi connectivity index (χ0v) is 10.7. The highest BCUT2D eigenvalue weighted by Gasteiger charge is 2.12. The number of hydrogen-bond acceptors (Lipinski definition) is 2. The summed E-state index contributed by atoms with van der Waals surface area (Å²) < 4.78 is 15.1. The van der Waals surface area contributed by atoms with E-state index >= 15 is 0 Å². The predicted octanol–water partition coefficient (Wildman–Crippen LogP) is 3.28. The number of fused-ring (bicyclic) bond motifs is 1. The van der Waals surface area contributed by atoms with Crippen molar-refractivity contribution in [2.45, 2.75) is 6.54 Å². The fourth-order valence-electron chi connectivity index (χ4n) is 2.13. The fraction of sp³-hybridized carbons (Fsp3) is 0.0714. The van der Waals surface area contributed by atoms with Crippen molar-refractivity contribution >= 4 is 22.6 Å². The van der Waals surface area contributed by atoms with Gasteiger partial charge < -0.3 is 5.73 Å². The van der Waals surface area contributed by atoms with Gasteiger partial charge in [-0.15, -0.1) is 0 Å². The van der Waals surface area contributed by atoms with Gasteiger partial charge in [0.25, 0.3) is 0 Å². The van der Waals surface area contributed by atoms with Gasteiger partial charge in [0.15, 0.2) is 0 Å². The molecule has 19 heavy (non-hydrogen) atoms. The SMILES string of the molecule is NCc1nc2ccccc2n1-c1ccc(F)c(Cl)c1. The first-order valence-corrected chi connectivity index (χ1v) is 6.20. The van der Waals surface area contributed by atoms with Gasteiger partial charge in [-0.2, -0.15) is 0 Å². The number of para-hydroxylation sites is 2. The number of benzene rings is 2. The van der Waals surface area contributed by atoms with Gasteiger partial charge in [0.05, 0.1) is 22.6 Å². The number of halogens is 2. The van der Waals surface area contributed by atoms with Gasteiger partial charge in [-0.25, -0.2) is 9.37 Å². The molecule has 0 bridgehead atoms. The first-order chi connectivity index (χ1) is 9.20. The average Bonchev–Trinajstić information content (AvgIpc) is 2.80. The maximum absolute atomic E-state index is 13.3. The molecule has 0 fully saturated rings. The van der Waals surface area contributed by atoms with E-state index in [1.54, 1.807) is 12.1 Å². The lowest BCUT2D eigenvalue weighted by Crippen LogP contribution is -2.06. The molecule has 0 aliphatic carbocycles. The van der Waals surface area contributed by atoms with Gasteiger partial charge in [-0.3, -0.25) is 4.57 Å². The van der Waals surface area contributed by atoms with Crippen LogP contribution >= 0.6 is 11.6 Å². The molecule has 0 aliphatic heterocycles. The molecule has 1 aromatic heterocycles. The Hall–Kier alpha value is -1.91. The molecule has 0 spiro atoms. The largest absolute Gasteiger partial charge is 0.324 e. The molecule has 0 atom stereocenters. The number of aromatic nitrogens is 2. The third-order valence-corrected chi connectivity index (χ3v) is 3.26. The summed E-state index contributed by atoms with van der Waals surface area (Å²) in [5, 5.41) is 0.0817. The van der Waals surface area contributed by atoms with E-state index < -0.39 is 5.82 Å². The van der Waals surface area contributed by atoms with Crippen LogP contribution in [0.15, 0.2) is 42.5 Å². The van der Waals surface area contributed by atoms with Gasteiger partial charge in [0.1, 0.15) is 11.6 Å². The Bertz CT molecular complexity index is 752. The molecule has 0 radical (unpaired) electrons. The Morgan fingerprint density at radius 1 is 1.21 bits per heavy atom. The lowest BCUT2D eigenvalue weighted by molar-refractivity contribution is 0.627. The van der Waals surface area contributed by atoms with Crippen LogP contribution in [-0.4, -0.2) is 9.55 Å². The van der Waals surface area contributed by atoms with Gasteiger partial charge in [-0.05, 0) is 30.3 Å². The van der Waals surface area contributed by atoms with Crippen LogP contribution in [0.5, 0.6) is 0 Å². The van der Waals surface area contributed by atoms with E-state index in [0.717, 1.165) is 16.7 Å². The minimum absolute atomic E-state index is 0.0817. The molecule has 2 aromatic carbocycles. The summed E-state index contributed by atoms with van der Waals surface area (Å²) in [5.41, 5.74) is 8.25. The molecule has 3 aromatic rings. The lowest BCUT2D eigenvalue weighted by atomic mass is 10.2. The second-order valence-corrected chi connectivity index (χ2v) is 4.56. The van der Waals surface area contributed by atoms with Crippen LogP contribution in [0.4, 0.5) is 4.39 Å². The topological polar surface area (TPSA) is 43.8 Å². The van der Waals surface area contributed by atoms with Crippen LogP contribution in [0.2, 0.25) is 5.02 Å². The first-order valence-electron chi connectivity index (χ1n) is 5.82. The smallest absolute Gasteiger partial charge is 0.141 e. The minimum Gasteiger partial charge on any atom is -0.324 e. The van der Waals surface area contributed by atoms with E-state index in [2.05, 4.69) is 4.98 Å². The van der Waals surface area contributed by atoms with Crippen LogP contribution in [0.3, 0.4) is 0 Å². The van der Waals surface area contributed by atoms with E-state index in [1.807, 2.05) is 28.8 Å². The number of nitrogens with zero attached hydrogens (tertiary/aromatic N) is 2. The maximum Gasteiger partial charge on any atom is 0.141 e. The Morgan fingerprint density at radius 3 is 2.74 bits per heavy atom. The minimum atomic E-state index is -0.441. The second-order valence-electron chi connectivity index (χ2n) is 4.15.